The average Bonchev–Trinajstić information content (AvgIpc) is 1.68. The maximum Gasteiger partial charge on any atom is 0.699 e. The number of rotatable bonds is 4. The number of alkyl halides is 2. The molecule has 0 aromatic rings. The average molecular weight is 267 g/mol. The third-order valence-corrected chi connectivity index (χ3v) is 2.15. The molecular weight excluding hydrogens is 263 g/mol. The molecule has 0 unspecified atom stereocenters. The van der Waals surface area contributed by atoms with Crippen molar-refractivity contribution < 1.29 is 13.6 Å². The van der Waals surface area contributed by atoms with Crippen molar-refractivity contribution in [1.82, 2.24) is 0 Å². The zero-order valence-corrected chi connectivity index (χ0v) is 7.91. The SMILES string of the molecule is O=[P+](OCBr)OCBr. The summed E-state index contributed by atoms with van der Waals surface area (Å²) in [5, 5.41) is 0. The highest BCUT2D eigenvalue weighted by Gasteiger charge is 2.17. The van der Waals surface area contributed by atoms with Gasteiger partial charge in [-0.2, -0.15) is 0 Å². The fourth-order valence-electron chi connectivity index (χ4n) is 0.117. The van der Waals surface area contributed by atoms with Gasteiger partial charge in [0, 0.05) is 4.57 Å². The van der Waals surface area contributed by atoms with E-state index in [1.54, 1.807) is 0 Å². The van der Waals surface area contributed by atoms with Crippen molar-refractivity contribution in [2.75, 3.05) is 11.0 Å². The second-order valence-electron chi connectivity index (χ2n) is 0.700. The molecule has 0 aliphatic rings. The molecule has 0 fully saturated rings. The minimum absolute atomic E-state index is 0.231. The van der Waals surface area contributed by atoms with Crippen LogP contribution in [0.3, 0.4) is 0 Å². The standard InChI is InChI=1S/C2H4Br2O3P/c3-1-6-8(5)7-2-4/h1-2H2/q+1. The van der Waals surface area contributed by atoms with E-state index < -0.39 is 8.25 Å². The first-order valence-electron chi connectivity index (χ1n) is 1.66. The Kier molecular flexibility index (Phi) is 6.85. The van der Waals surface area contributed by atoms with Crippen molar-refractivity contribution in [2.45, 2.75) is 0 Å². The molecule has 0 aliphatic carbocycles. The number of hydrogen-bond acceptors (Lipinski definition) is 3. The largest absolute Gasteiger partial charge is 0.699 e. The molecule has 0 aliphatic heterocycles. The zero-order valence-electron chi connectivity index (χ0n) is 3.84. The second kappa shape index (κ2) is 6.11. The van der Waals surface area contributed by atoms with Crippen LogP contribution in [0.5, 0.6) is 0 Å². The van der Waals surface area contributed by atoms with E-state index in [1.807, 2.05) is 0 Å². The van der Waals surface area contributed by atoms with E-state index in [1.165, 1.54) is 0 Å². The third kappa shape index (κ3) is 5.12. The summed E-state index contributed by atoms with van der Waals surface area (Å²) >= 11 is 5.84. The van der Waals surface area contributed by atoms with Crippen molar-refractivity contribution in [2.24, 2.45) is 0 Å². The smallest absolute Gasteiger partial charge is 0.107 e. The summed E-state index contributed by atoms with van der Waals surface area (Å²) in [6.45, 7) is 0. The fourth-order valence-corrected chi connectivity index (χ4v) is 1.35. The molecule has 0 amide bonds. The van der Waals surface area contributed by atoms with Crippen LogP contribution in [-0.2, 0) is 13.6 Å². The summed E-state index contributed by atoms with van der Waals surface area (Å²) in [6.07, 6.45) is 0. The van der Waals surface area contributed by atoms with Gasteiger partial charge in [0.2, 0.25) is 0 Å². The van der Waals surface area contributed by atoms with Gasteiger partial charge in [0.1, 0.15) is 0 Å². The molecule has 0 radical (unpaired) electrons. The van der Waals surface area contributed by atoms with Gasteiger partial charge in [0.25, 0.3) is 0 Å². The zero-order chi connectivity index (χ0) is 6.41. The van der Waals surface area contributed by atoms with Crippen LogP contribution in [0.2, 0.25) is 0 Å². The highest BCUT2D eigenvalue weighted by molar-refractivity contribution is 9.09. The first kappa shape index (κ1) is 8.98. The van der Waals surface area contributed by atoms with Gasteiger partial charge in [-0.1, -0.05) is 31.9 Å². The molecule has 0 saturated heterocycles. The Hall–Kier alpha value is 0.980. The first-order chi connectivity index (χ1) is 3.81. The Labute approximate surface area is 64.9 Å². The molecule has 0 heterocycles. The van der Waals surface area contributed by atoms with E-state index in [4.69, 9.17) is 0 Å². The molecule has 48 valence electrons. The number of halogens is 2. The van der Waals surface area contributed by atoms with Gasteiger partial charge in [-0.05, 0) is 0 Å². The van der Waals surface area contributed by atoms with Crippen LogP contribution < -0.4 is 0 Å². The van der Waals surface area contributed by atoms with Crippen molar-refractivity contribution >= 4 is 40.1 Å². The normalized spacial score (nSPS) is 9.25. The summed E-state index contributed by atoms with van der Waals surface area (Å²) in [6, 6.07) is 0. The molecular formula is C2H4Br2O3P+. The van der Waals surface area contributed by atoms with Crippen LogP contribution in [0, 0.1) is 0 Å². The summed E-state index contributed by atoms with van der Waals surface area (Å²) in [5.41, 5.74) is 0.463. The third-order valence-electron chi connectivity index (χ3n) is 0.308. The van der Waals surface area contributed by atoms with Crippen molar-refractivity contribution in [1.29, 1.82) is 0 Å². The number of hydrogen-bond donors (Lipinski definition) is 0. The Balaban J connectivity index is 3.06. The molecule has 0 N–H and O–H groups in total. The summed E-state index contributed by atoms with van der Waals surface area (Å²) in [4.78, 5) is 0. The fraction of sp³-hybridized carbons (Fsp3) is 1.00. The quantitative estimate of drug-likeness (QED) is 0.579. The van der Waals surface area contributed by atoms with Crippen LogP contribution >= 0.6 is 40.1 Å². The Morgan fingerprint density at radius 3 is 1.88 bits per heavy atom. The molecule has 0 spiro atoms. The van der Waals surface area contributed by atoms with E-state index >= 15 is 0 Å². The van der Waals surface area contributed by atoms with Crippen LogP contribution in [-0.4, -0.2) is 11.0 Å². The lowest BCUT2D eigenvalue weighted by molar-refractivity contribution is 0.289. The minimum atomic E-state index is -1.92. The molecule has 3 nitrogen and oxygen atoms in total. The van der Waals surface area contributed by atoms with E-state index in [2.05, 4.69) is 40.9 Å². The maximum atomic E-state index is 10.3. The van der Waals surface area contributed by atoms with Crippen molar-refractivity contribution in [3.05, 3.63) is 0 Å². The highest BCUT2D eigenvalue weighted by Crippen LogP contribution is 2.24. The summed E-state index contributed by atoms with van der Waals surface area (Å²) in [5.74, 6) is 0. The van der Waals surface area contributed by atoms with Gasteiger partial charge >= 0.3 is 8.25 Å². The molecule has 0 bridgehead atoms. The molecule has 0 aromatic heterocycles. The van der Waals surface area contributed by atoms with Gasteiger partial charge < -0.3 is 0 Å². The van der Waals surface area contributed by atoms with Gasteiger partial charge in [-0.15, -0.1) is 9.05 Å². The predicted octanol–water partition coefficient (Wildman–Crippen LogP) is 2.38. The van der Waals surface area contributed by atoms with Gasteiger partial charge in [-0.3, -0.25) is 0 Å². The summed E-state index contributed by atoms with van der Waals surface area (Å²) < 4.78 is 19.2. The Morgan fingerprint density at radius 1 is 1.25 bits per heavy atom. The lowest BCUT2D eigenvalue weighted by Crippen LogP contribution is -1.77. The van der Waals surface area contributed by atoms with Gasteiger partial charge in [0.15, 0.2) is 11.0 Å². The van der Waals surface area contributed by atoms with Crippen LogP contribution in [0.1, 0.15) is 0 Å². The van der Waals surface area contributed by atoms with Crippen LogP contribution in [0.25, 0.3) is 0 Å². The lowest BCUT2D eigenvalue weighted by Gasteiger charge is -1.77. The topological polar surface area (TPSA) is 35.5 Å². The van der Waals surface area contributed by atoms with E-state index in [0.29, 0.717) is 0 Å². The molecule has 0 saturated carbocycles. The second-order valence-corrected chi connectivity index (χ2v) is 2.58. The molecule has 0 atom stereocenters. The predicted molar refractivity (Wildman–Crippen MR) is 37.4 cm³/mol. The van der Waals surface area contributed by atoms with Crippen LogP contribution in [0.15, 0.2) is 0 Å². The van der Waals surface area contributed by atoms with Gasteiger partial charge in [0.05, 0.1) is 0 Å². The van der Waals surface area contributed by atoms with Gasteiger partial charge in [-0.25, -0.2) is 0 Å². The first-order valence-corrected chi connectivity index (χ1v) is 5.00. The monoisotopic (exact) mass is 265 g/mol. The maximum absolute atomic E-state index is 10.3. The Morgan fingerprint density at radius 2 is 1.62 bits per heavy atom. The van der Waals surface area contributed by atoms with E-state index in [9.17, 15) is 4.57 Å². The molecule has 6 heteroatoms. The summed E-state index contributed by atoms with van der Waals surface area (Å²) in [7, 11) is -1.92. The Bertz CT molecular complexity index is 69.7. The van der Waals surface area contributed by atoms with E-state index in [-0.39, 0.29) is 11.0 Å². The highest BCUT2D eigenvalue weighted by atomic mass is 79.9. The molecule has 0 rings (SSSR count). The van der Waals surface area contributed by atoms with E-state index in [0.717, 1.165) is 0 Å². The van der Waals surface area contributed by atoms with Crippen molar-refractivity contribution in [3.63, 3.8) is 0 Å². The van der Waals surface area contributed by atoms with Crippen LogP contribution in [0.4, 0.5) is 0 Å². The van der Waals surface area contributed by atoms with Crippen molar-refractivity contribution in [3.8, 4) is 0 Å². The lowest BCUT2D eigenvalue weighted by atomic mass is 11.8. The molecule has 8 heavy (non-hydrogen) atoms. The minimum Gasteiger partial charge on any atom is -0.107 e. The molecule has 0 aromatic carbocycles.